The summed E-state index contributed by atoms with van der Waals surface area (Å²) < 4.78 is 6.00. The third-order valence-electron chi connectivity index (χ3n) is 4.63. The van der Waals surface area contributed by atoms with Crippen molar-refractivity contribution in [3.8, 4) is 5.75 Å². The minimum atomic E-state index is 0.654. The second kappa shape index (κ2) is 6.93. The van der Waals surface area contributed by atoms with Crippen molar-refractivity contribution in [1.29, 1.82) is 0 Å². The molecule has 0 radical (unpaired) electrons. The summed E-state index contributed by atoms with van der Waals surface area (Å²) in [5, 5.41) is 2.48. The predicted octanol–water partition coefficient (Wildman–Crippen LogP) is 4.00. The highest BCUT2D eigenvalue weighted by Crippen LogP contribution is 2.21. The number of anilines is 1. The molecule has 3 aromatic carbocycles. The number of piperazine rings is 1. The summed E-state index contributed by atoms with van der Waals surface area (Å²) in [5.41, 5.74) is 1.31. The molecule has 0 unspecified atom stereocenters. The largest absolute Gasteiger partial charge is 0.478 e. The second-order valence-electron chi connectivity index (χ2n) is 6.22. The average Bonchev–Trinajstić information content (AvgIpc) is 2.67. The first-order chi connectivity index (χ1) is 11.9. The molecule has 3 heteroatoms. The SMILES string of the molecule is c1ccc(N2CCN(COc3ccc4ccccc4c3)CC2)cc1. The standard InChI is InChI=1S/C21H22N2O/c1-2-8-20(9-3-1)23-14-12-22(13-15-23)17-24-21-11-10-18-6-4-5-7-19(18)16-21/h1-11,16H,12-15,17H2. The van der Waals surface area contributed by atoms with E-state index in [1.54, 1.807) is 0 Å². The molecule has 0 atom stereocenters. The molecule has 1 heterocycles. The molecule has 1 aliphatic rings. The van der Waals surface area contributed by atoms with E-state index in [-0.39, 0.29) is 0 Å². The molecule has 0 N–H and O–H groups in total. The third kappa shape index (κ3) is 3.36. The molecule has 0 spiro atoms. The molecule has 4 rings (SSSR count). The summed E-state index contributed by atoms with van der Waals surface area (Å²) >= 11 is 0. The van der Waals surface area contributed by atoms with Gasteiger partial charge in [0.2, 0.25) is 0 Å². The number of rotatable bonds is 4. The molecule has 3 aromatic rings. The van der Waals surface area contributed by atoms with Gasteiger partial charge in [-0.1, -0.05) is 48.5 Å². The fraction of sp³-hybridized carbons (Fsp3) is 0.238. The van der Waals surface area contributed by atoms with E-state index in [2.05, 4.69) is 82.6 Å². The van der Waals surface area contributed by atoms with Crippen LogP contribution in [0, 0.1) is 0 Å². The Labute approximate surface area is 143 Å². The van der Waals surface area contributed by atoms with Crippen molar-refractivity contribution < 1.29 is 4.74 Å². The number of hydrogen-bond acceptors (Lipinski definition) is 3. The van der Waals surface area contributed by atoms with Gasteiger partial charge in [0.15, 0.2) is 0 Å². The fourth-order valence-electron chi connectivity index (χ4n) is 3.20. The van der Waals surface area contributed by atoms with Gasteiger partial charge >= 0.3 is 0 Å². The van der Waals surface area contributed by atoms with Crippen LogP contribution in [-0.4, -0.2) is 37.8 Å². The Morgan fingerprint density at radius 1 is 0.708 bits per heavy atom. The smallest absolute Gasteiger partial charge is 0.142 e. The molecule has 3 nitrogen and oxygen atoms in total. The Kier molecular flexibility index (Phi) is 4.34. The van der Waals surface area contributed by atoms with Crippen LogP contribution < -0.4 is 9.64 Å². The number of ether oxygens (including phenoxy) is 1. The maximum absolute atomic E-state index is 6.00. The van der Waals surface area contributed by atoms with Crippen LogP contribution in [0.4, 0.5) is 5.69 Å². The topological polar surface area (TPSA) is 15.7 Å². The second-order valence-corrected chi connectivity index (χ2v) is 6.22. The summed E-state index contributed by atoms with van der Waals surface area (Å²) in [4.78, 5) is 4.81. The van der Waals surface area contributed by atoms with Crippen molar-refractivity contribution in [1.82, 2.24) is 4.90 Å². The van der Waals surface area contributed by atoms with Crippen LogP contribution in [-0.2, 0) is 0 Å². The number of hydrogen-bond donors (Lipinski definition) is 0. The average molecular weight is 318 g/mol. The van der Waals surface area contributed by atoms with Gasteiger partial charge in [0.1, 0.15) is 12.5 Å². The molecule has 1 saturated heterocycles. The highest BCUT2D eigenvalue weighted by molar-refractivity contribution is 5.83. The predicted molar refractivity (Wildman–Crippen MR) is 99.7 cm³/mol. The van der Waals surface area contributed by atoms with Crippen LogP contribution in [0.15, 0.2) is 72.8 Å². The summed E-state index contributed by atoms with van der Waals surface area (Å²) in [6.07, 6.45) is 0. The van der Waals surface area contributed by atoms with Crippen LogP contribution in [0.1, 0.15) is 0 Å². The number of benzene rings is 3. The van der Waals surface area contributed by atoms with E-state index >= 15 is 0 Å². The van der Waals surface area contributed by atoms with Crippen LogP contribution >= 0.6 is 0 Å². The Bertz CT molecular complexity index is 795. The first-order valence-electron chi connectivity index (χ1n) is 8.52. The van der Waals surface area contributed by atoms with Crippen LogP contribution in [0.25, 0.3) is 10.8 Å². The normalized spacial score (nSPS) is 15.6. The minimum absolute atomic E-state index is 0.654. The summed E-state index contributed by atoms with van der Waals surface area (Å²) in [7, 11) is 0. The van der Waals surface area contributed by atoms with Crippen molar-refractivity contribution in [2.75, 3.05) is 37.8 Å². The Morgan fingerprint density at radius 2 is 1.42 bits per heavy atom. The van der Waals surface area contributed by atoms with Gasteiger partial charge in [0, 0.05) is 31.9 Å². The minimum Gasteiger partial charge on any atom is -0.478 e. The van der Waals surface area contributed by atoms with E-state index in [9.17, 15) is 0 Å². The first kappa shape index (κ1) is 15.0. The quantitative estimate of drug-likeness (QED) is 0.723. The van der Waals surface area contributed by atoms with Gasteiger partial charge in [-0.3, -0.25) is 4.90 Å². The molecule has 0 aromatic heterocycles. The van der Waals surface area contributed by atoms with Crippen LogP contribution in [0.5, 0.6) is 5.75 Å². The molecule has 0 amide bonds. The highest BCUT2D eigenvalue weighted by Gasteiger charge is 2.17. The van der Waals surface area contributed by atoms with Gasteiger partial charge in [-0.15, -0.1) is 0 Å². The summed E-state index contributed by atoms with van der Waals surface area (Å²) in [6.45, 7) is 4.81. The number of fused-ring (bicyclic) bond motifs is 1. The highest BCUT2D eigenvalue weighted by atomic mass is 16.5. The summed E-state index contributed by atoms with van der Waals surface area (Å²) in [6, 6.07) is 25.3. The first-order valence-corrected chi connectivity index (χ1v) is 8.52. The number of nitrogens with zero attached hydrogens (tertiary/aromatic N) is 2. The molecule has 0 saturated carbocycles. The Morgan fingerprint density at radius 3 is 2.21 bits per heavy atom. The maximum Gasteiger partial charge on any atom is 0.142 e. The maximum atomic E-state index is 6.00. The third-order valence-corrected chi connectivity index (χ3v) is 4.63. The lowest BCUT2D eigenvalue weighted by Crippen LogP contribution is -2.47. The Hall–Kier alpha value is -2.52. The Balaban J connectivity index is 1.32. The van der Waals surface area contributed by atoms with E-state index in [1.165, 1.54) is 16.5 Å². The van der Waals surface area contributed by atoms with Crippen molar-refractivity contribution >= 4 is 16.5 Å². The molecule has 24 heavy (non-hydrogen) atoms. The van der Waals surface area contributed by atoms with Gasteiger partial charge in [0.25, 0.3) is 0 Å². The van der Waals surface area contributed by atoms with Crippen LogP contribution in [0.3, 0.4) is 0 Å². The van der Waals surface area contributed by atoms with E-state index in [0.717, 1.165) is 31.9 Å². The summed E-state index contributed by atoms with van der Waals surface area (Å²) in [5.74, 6) is 0.944. The molecule has 1 aliphatic heterocycles. The molecule has 0 aliphatic carbocycles. The zero-order valence-corrected chi connectivity index (χ0v) is 13.8. The van der Waals surface area contributed by atoms with Gasteiger partial charge < -0.3 is 9.64 Å². The molecule has 122 valence electrons. The lowest BCUT2D eigenvalue weighted by Gasteiger charge is -2.35. The molecular formula is C21H22N2O. The monoisotopic (exact) mass is 318 g/mol. The lowest BCUT2D eigenvalue weighted by molar-refractivity contribution is 0.120. The van der Waals surface area contributed by atoms with E-state index in [4.69, 9.17) is 4.74 Å². The van der Waals surface area contributed by atoms with Gasteiger partial charge in [0.05, 0.1) is 0 Å². The van der Waals surface area contributed by atoms with E-state index in [0.29, 0.717) is 6.73 Å². The van der Waals surface area contributed by atoms with Crippen molar-refractivity contribution in [3.05, 3.63) is 72.8 Å². The molecule has 0 bridgehead atoms. The molecule has 1 fully saturated rings. The van der Waals surface area contributed by atoms with Crippen molar-refractivity contribution in [3.63, 3.8) is 0 Å². The van der Waals surface area contributed by atoms with E-state index in [1.807, 2.05) is 0 Å². The van der Waals surface area contributed by atoms with Crippen molar-refractivity contribution in [2.45, 2.75) is 0 Å². The zero-order valence-electron chi connectivity index (χ0n) is 13.8. The van der Waals surface area contributed by atoms with Gasteiger partial charge in [-0.05, 0) is 35.0 Å². The van der Waals surface area contributed by atoms with Gasteiger partial charge in [-0.2, -0.15) is 0 Å². The lowest BCUT2D eigenvalue weighted by atomic mass is 10.1. The van der Waals surface area contributed by atoms with Crippen LogP contribution in [0.2, 0.25) is 0 Å². The number of para-hydroxylation sites is 1. The van der Waals surface area contributed by atoms with Crippen molar-refractivity contribution in [2.24, 2.45) is 0 Å². The zero-order chi connectivity index (χ0) is 16.2. The van der Waals surface area contributed by atoms with E-state index < -0.39 is 0 Å². The fourth-order valence-corrected chi connectivity index (χ4v) is 3.20. The van der Waals surface area contributed by atoms with Gasteiger partial charge in [-0.25, -0.2) is 0 Å². The molecular weight excluding hydrogens is 296 g/mol.